The minimum absolute atomic E-state index is 0.727. The second-order valence-corrected chi connectivity index (χ2v) is 13.1. The molecule has 6 aromatic carbocycles. The second kappa shape index (κ2) is 10.2. The highest BCUT2D eigenvalue weighted by Gasteiger charge is 2.18. The quantitative estimate of drug-likeness (QED) is 0.202. The highest BCUT2D eigenvalue weighted by Crippen LogP contribution is 2.43. The Balaban J connectivity index is 1.30. The Labute approximate surface area is 262 Å². The average molecular weight is 597 g/mol. The predicted octanol–water partition coefficient (Wildman–Crippen LogP) is 11.9. The van der Waals surface area contributed by atoms with E-state index in [0.29, 0.717) is 0 Å². The number of hydrogen-bond acceptors (Lipinski definition) is 4. The van der Waals surface area contributed by atoms with Gasteiger partial charge in [-0.3, -0.25) is 0 Å². The van der Waals surface area contributed by atoms with E-state index in [2.05, 4.69) is 140 Å². The number of thiophene rings is 2. The maximum atomic E-state index is 5.26. The Morgan fingerprint density at radius 1 is 0.364 bits per heavy atom. The molecule has 0 unspecified atom stereocenters. The van der Waals surface area contributed by atoms with Crippen molar-refractivity contribution in [2.45, 2.75) is 0 Å². The summed E-state index contributed by atoms with van der Waals surface area (Å²) in [5.74, 6) is 0.727. The summed E-state index contributed by atoms with van der Waals surface area (Å²) in [6.07, 6.45) is 0. The normalized spacial score (nSPS) is 11.6. The van der Waals surface area contributed by atoms with E-state index in [4.69, 9.17) is 9.97 Å². The fourth-order valence-corrected chi connectivity index (χ4v) is 8.54. The van der Waals surface area contributed by atoms with Crippen LogP contribution in [0.15, 0.2) is 146 Å². The van der Waals surface area contributed by atoms with Crippen molar-refractivity contribution in [3.63, 3.8) is 0 Å². The standard InChI is InChI=1S/C40H24N2S2/c1-2-10-25(11-3-1)26-20-22-27(23-21-26)40-41-32(28-14-8-18-36-38(28)30-12-4-6-16-34(30)43-36)24-33(42-40)29-15-9-19-37-39(29)31-13-5-7-17-35(31)44-37/h1-24H. The topological polar surface area (TPSA) is 25.8 Å². The molecule has 0 amide bonds. The first-order valence-corrected chi connectivity index (χ1v) is 16.3. The summed E-state index contributed by atoms with van der Waals surface area (Å²) in [6.45, 7) is 0. The van der Waals surface area contributed by atoms with Crippen LogP contribution >= 0.6 is 22.7 Å². The van der Waals surface area contributed by atoms with Crippen LogP contribution in [-0.4, -0.2) is 9.97 Å². The van der Waals surface area contributed by atoms with Crippen LogP contribution in [0.3, 0.4) is 0 Å². The van der Waals surface area contributed by atoms with Crippen molar-refractivity contribution in [2.24, 2.45) is 0 Å². The van der Waals surface area contributed by atoms with Gasteiger partial charge in [0, 0.05) is 57.0 Å². The minimum atomic E-state index is 0.727. The molecule has 0 fully saturated rings. The monoisotopic (exact) mass is 596 g/mol. The molecule has 3 heterocycles. The summed E-state index contributed by atoms with van der Waals surface area (Å²) < 4.78 is 5.11. The van der Waals surface area contributed by atoms with Crippen LogP contribution in [0.1, 0.15) is 0 Å². The van der Waals surface area contributed by atoms with Crippen molar-refractivity contribution >= 4 is 63.0 Å². The summed E-state index contributed by atoms with van der Waals surface area (Å²) in [5, 5.41) is 5.04. The van der Waals surface area contributed by atoms with Crippen LogP contribution in [0, 0.1) is 0 Å². The smallest absolute Gasteiger partial charge is 0.160 e. The Morgan fingerprint density at radius 2 is 0.818 bits per heavy atom. The minimum Gasteiger partial charge on any atom is -0.228 e. The molecule has 0 N–H and O–H groups in total. The van der Waals surface area contributed by atoms with Crippen molar-refractivity contribution in [1.82, 2.24) is 9.97 Å². The van der Waals surface area contributed by atoms with Gasteiger partial charge in [0.15, 0.2) is 5.82 Å². The van der Waals surface area contributed by atoms with Gasteiger partial charge in [-0.1, -0.05) is 115 Å². The number of fused-ring (bicyclic) bond motifs is 6. The van der Waals surface area contributed by atoms with Crippen LogP contribution < -0.4 is 0 Å². The molecule has 0 aliphatic carbocycles. The molecule has 2 nitrogen and oxygen atoms in total. The van der Waals surface area contributed by atoms with Gasteiger partial charge in [-0.2, -0.15) is 0 Å². The zero-order chi connectivity index (χ0) is 29.0. The van der Waals surface area contributed by atoms with Crippen molar-refractivity contribution in [2.75, 3.05) is 0 Å². The van der Waals surface area contributed by atoms with Crippen LogP contribution in [0.2, 0.25) is 0 Å². The molecule has 0 bridgehead atoms. The summed E-state index contributed by atoms with van der Waals surface area (Å²) >= 11 is 3.67. The van der Waals surface area contributed by atoms with E-state index in [1.807, 2.05) is 28.7 Å². The molecule has 4 heteroatoms. The van der Waals surface area contributed by atoms with Crippen molar-refractivity contribution in [3.05, 3.63) is 146 Å². The fourth-order valence-electron chi connectivity index (χ4n) is 6.27. The van der Waals surface area contributed by atoms with Crippen molar-refractivity contribution in [1.29, 1.82) is 0 Å². The molecule has 0 aliphatic heterocycles. The summed E-state index contributed by atoms with van der Waals surface area (Å²) in [6, 6.07) is 51.8. The lowest BCUT2D eigenvalue weighted by Gasteiger charge is -2.12. The van der Waals surface area contributed by atoms with E-state index in [0.717, 1.165) is 33.9 Å². The second-order valence-electron chi connectivity index (χ2n) is 11.0. The maximum Gasteiger partial charge on any atom is 0.160 e. The molecule has 44 heavy (non-hydrogen) atoms. The Hall–Kier alpha value is -5.16. The van der Waals surface area contributed by atoms with Crippen LogP contribution in [0.25, 0.3) is 85.4 Å². The third-order valence-electron chi connectivity index (χ3n) is 8.33. The van der Waals surface area contributed by atoms with Crippen molar-refractivity contribution in [3.8, 4) is 45.0 Å². The Bertz CT molecular complexity index is 2360. The molecule has 0 aliphatic rings. The van der Waals surface area contributed by atoms with E-state index < -0.39 is 0 Å². The molecule has 0 spiro atoms. The van der Waals surface area contributed by atoms with E-state index >= 15 is 0 Å². The third-order valence-corrected chi connectivity index (χ3v) is 10.6. The van der Waals surface area contributed by atoms with Gasteiger partial charge >= 0.3 is 0 Å². The molecule has 0 radical (unpaired) electrons. The number of aromatic nitrogens is 2. The lowest BCUT2D eigenvalue weighted by atomic mass is 9.99. The predicted molar refractivity (Wildman–Crippen MR) is 190 cm³/mol. The number of hydrogen-bond donors (Lipinski definition) is 0. The molecule has 0 atom stereocenters. The Morgan fingerprint density at radius 3 is 1.39 bits per heavy atom. The van der Waals surface area contributed by atoms with Gasteiger partial charge in [-0.05, 0) is 41.5 Å². The van der Waals surface area contributed by atoms with E-state index in [1.165, 1.54) is 51.5 Å². The number of rotatable bonds is 4. The van der Waals surface area contributed by atoms with Gasteiger partial charge < -0.3 is 0 Å². The lowest BCUT2D eigenvalue weighted by molar-refractivity contribution is 1.19. The van der Waals surface area contributed by atoms with E-state index in [9.17, 15) is 0 Å². The van der Waals surface area contributed by atoms with Gasteiger partial charge in [0.05, 0.1) is 11.4 Å². The molecule has 9 aromatic rings. The molecule has 0 saturated carbocycles. The zero-order valence-corrected chi connectivity index (χ0v) is 25.2. The maximum absolute atomic E-state index is 5.26. The fraction of sp³-hybridized carbons (Fsp3) is 0. The molecule has 3 aromatic heterocycles. The lowest BCUT2D eigenvalue weighted by Crippen LogP contribution is -1.96. The first-order chi connectivity index (χ1) is 21.8. The summed E-state index contributed by atoms with van der Waals surface area (Å²) in [5.41, 5.74) is 7.50. The summed E-state index contributed by atoms with van der Waals surface area (Å²) in [7, 11) is 0. The molecule has 0 saturated heterocycles. The first-order valence-electron chi connectivity index (χ1n) is 14.7. The largest absolute Gasteiger partial charge is 0.228 e. The average Bonchev–Trinajstić information content (AvgIpc) is 3.67. The van der Waals surface area contributed by atoms with E-state index in [1.54, 1.807) is 0 Å². The van der Waals surface area contributed by atoms with Gasteiger partial charge in [0.2, 0.25) is 0 Å². The molecule has 9 rings (SSSR count). The molecular weight excluding hydrogens is 573 g/mol. The number of nitrogens with zero attached hydrogens (tertiary/aromatic N) is 2. The first kappa shape index (κ1) is 25.3. The van der Waals surface area contributed by atoms with Gasteiger partial charge in [0.25, 0.3) is 0 Å². The van der Waals surface area contributed by atoms with Gasteiger partial charge in [0.1, 0.15) is 0 Å². The van der Waals surface area contributed by atoms with Gasteiger partial charge in [-0.25, -0.2) is 9.97 Å². The zero-order valence-electron chi connectivity index (χ0n) is 23.6. The Kier molecular flexibility index (Phi) is 5.90. The highest BCUT2D eigenvalue weighted by atomic mass is 32.1. The molecular formula is C40H24N2S2. The van der Waals surface area contributed by atoms with Crippen molar-refractivity contribution < 1.29 is 0 Å². The summed E-state index contributed by atoms with van der Waals surface area (Å²) in [4.78, 5) is 10.5. The number of benzene rings is 6. The van der Waals surface area contributed by atoms with Crippen LogP contribution in [0.5, 0.6) is 0 Å². The molecule has 206 valence electrons. The van der Waals surface area contributed by atoms with Crippen LogP contribution in [0.4, 0.5) is 0 Å². The third kappa shape index (κ3) is 4.15. The van der Waals surface area contributed by atoms with E-state index in [-0.39, 0.29) is 0 Å². The van der Waals surface area contributed by atoms with Crippen LogP contribution in [-0.2, 0) is 0 Å². The SMILES string of the molecule is c1ccc(-c2ccc(-c3nc(-c4cccc5sc6ccccc6c45)cc(-c4cccc5sc6ccccc6c45)n3)cc2)cc1. The highest BCUT2D eigenvalue weighted by molar-refractivity contribution is 7.26. The van der Waals surface area contributed by atoms with Gasteiger partial charge in [-0.15, -0.1) is 22.7 Å².